The van der Waals surface area contributed by atoms with Crippen LogP contribution in [0, 0.1) is 13.8 Å². The van der Waals surface area contributed by atoms with Crippen LogP contribution in [0.25, 0.3) is 0 Å². The van der Waals surface area contributed by atoms with Crippen molar-refractivity contribution in [3.8, 4) is 0 Å². The van der Waals surface area contributed by atoms with Crippen LogP contribution >= 0.6 is 11.6 Å². The molecule has 2 aromatic rings. The van der Waals surface area contributed by atoms with Gasteiger partial charge in [0.1, 0.15) is 22.0 Å². The van der Waals surface area contributed by atoms with Crippen molar-refractivity contribution in [3.63, 3.8) is 0 Å². The lowest BCUT2D eigenvalue weighted by Crippen LogP contribution is -2.27. The molecule has 0 saturated heterocycles. The summed E-state index contributed by atoms with van der Waals surface area (Å²) in [5.74, 6) is -1.22. The quantitative estimate of drug-likeness (QED) is 0.828. The van der Waals surface area contributed by atoms with Gasteiger partial charge in [0.15, 0.2) is 0 Å². The lowest BCUT2D eigenvalue weighted by atomic mass is 10.2. The van der Waals surface area contributed by atoms with Gasteiger partial charge in [-0.05, 0) is 38.0 Å². The van der Waals surface area contributed by atoms with Crippen LogP contribution in [0.15, 0.2) is 33.6 Å². The summed E-state index contributed by atoms with van der Waals surface area (Å²) in [5.41, 5.74) is 0.581. The molecule has 0 aliphatic carbocycles. The molecule has 23 heavy (non-hydrogen) atoms. The minimum atomic E-state index is -3.97. The number of carboxylic acid groups (broad SMARTS) is 1. The fraction of sp³-hybridized carbons (Fsp3) is 0.267. The van der Waals surface area contributed by atoms with Crippen molar-refractivity contribution in [2.45, 2.75) is 25.2 Å². The molecule has 0 amide bonds. The van der Waals surface area contributed by atoms with Gasteiger partial charge in [-0.15, -0.1) is 0 Å². The Labute approximate surface area is 139 Å². The predicted molar refractivity (Wildman–Crippen MR) is 85.5 cm³/mol. The Morgan fingerprint density at radius 3 is 2.39 bits per heavy atom. The number of aromatic carboxylic acids is 1. The smallest absolute Gasteiger partial charge is 0.340 e. The summed E-state index contributed by atoms with van der Waals surface area (Å²) in [7, 11) is -3.97. The van der Waals surface area contributed by atoms with Crippen molar-refractivity contribution in [2.75, 3.05) is 6.54 Å². The van der Waals surface area contributed by atoms with Gasteiger partial charge in [0, 0.05) is 11.6 Å². The van der Waals surface area contributed by atoms with Crippen molar-refractivity contribution < 1.29 is 22.7 Å². The summed E-state index contributed by atoms with van der Waals surface area (Å²) in [4.78, 5) is 10.9. The van der Waals surface area contributed by atoms with E-state index in [1.54, 1.807) is 24.3 Å². The molecular formula is C15H16ClNO5S. The lowest BCUT2D eigenvalue weighted by molar-refractivity contribution is 0.0691. The Hall–Kier alpha value is -1.83. The number of nitrogens with one attached hydrogen (secondary N) is 1. The number of carbonyl (C=O) groups is 1. The molecule has 0 saturated carbocycles. The van der Waals surface area contributed by atoms with Crippen LogP contribution in [0.5, 0.6) is 0 Å². The number of hydrogen-bond acceptors (Lipinski definition) is 4. The monoisotopic (exact) mass is 357 g/mol. The zero-order chi connectivity index (χ0) is 17.2. The van der Waals surface area contributed by atoms with Gasteiger partial charge in [-0.2, -0.15) is 0 Å². The molecule has 0 fully saturated rings. The van der Waals surface area contributed by atoms with Crippen LogP contribution < -0.4 is 4.72 Å². The first-order valence-electron chi connectivity index (χ1n) is 6.80. The van der Waals surface area contributed by atoms with Crippen LogP contribution in [0.4, 0.5) is 0 Å². The number of sulfonamides is 1. The van der Waals surface area contributed by atoms with E-state index in [1.165, 1.54) is 13.8 Å². The molecule has 0 aliphatic rings. The van der Waals surface area contributed by atoms with Gasteiger partial charge in [0.25, 0.3) is 0 Å². The highest BCUT2D eigenvalue weighted by molar-refractivity contribution is 7.89. The number of halogens is 1. The van der Waals surface area contributed by atoms with Crippen molar-refractivity contribution >= 4 is 27.6 Å². The first-order valence-corrected chi connectivity index (χ1v) is 8.66. The second-order valence-electron chi connectivity index (χ2n) is 5.00. The molecule has 1 aromatic heterocycles. The van der Waals surface area contributed by atoms with Crippen LogP contribution in [-0.4, -0.2) is 26.0 Å². The molecule has 1 aromatic carbocycles. The molecule has 0 bridgehead atoms. The molecule has 0 atom stereocenters. The minimum Gasteiger partial charge on any atom is -0.478 e. The molecule has 6 nitrogen and oxygen atoms in total. The van der Waals surface area contributed by atoms with Crippen LogP contribution in [-0.2, 0) is 16.4 Å². The molecule has 1 heterocycles. The van der Waals surface area contributed by atoms with Gasteiger partial charge in [-0.3, -0.25) is 0 Å². The third-order valence-corrected chi connectivity index (χ3v) is 5.17. The van der Waals surface area contributed by atoms with E-state index < -0.39 is 16.0 Å². The third-order valence-electron chi connectivity index (χ3n) is 3.31. The fourth-order valence-corrected chi connectivity index (χ4v) is 3.85. The maximum absolute atomic E-state index is 12.4. The topological polar surface area (TPSA) is 96.6 Å². The summed E-state index contributed by atoms with van der Waals surface area (Å²) in [6.45, 7) is 2.98. The molecule has 2 rings (SSSR count). The number of hydrogen-bond donors (Lipinski definition) is 2. The van der Waals surface area contributed by atoms with E-state index >= 15 is 0 Å². The first-order chi connectivity index (χ1) is 10.7. The van der Waals surface area contributed by atoms with E-state index in [9.17, 15) is 18.3 Å². The van der Waals surface area contributed by atoms with Crippen LogP contribution in [0.1, 0.15) is 27.4 Å². The molecular weight excluding hydrogens is 342 g/mol. The molecule has 0 spiro atoms. The molecule has 124 valence electrons. The molecule has 2 N–H and O–H groups in total. The van der Waals surface area contributed by atoms with E-state index in [2.05, 4.69) is 4.72 Å². The highest BCUT2D eigenvalue weighted by atomic mass is 35.5. The van der Waals surface area contributed by atoms with Crippen molar-refractivity contribution in [1.29, 1.82) is 0 Å². The Bertz CT molecular complexity index is 824. The van der Waals surface area contributed by atoms with Crippen molar-refractivity contribution in [3.05, 3.63) is 51.9 Å². The average molecular weight is 358 g/mol. The maximum Gasteiger partial charge on any atom is 0.340 e. The summed E-state index contributed by atoms with van der Waals surface area (Å²) in [6, 6.07) is 7.04. The van der Waals surface area contributed by atoms with Gasteiger partial charge >= 0.3 is 5.97 Å². The number of rotatable bonds is 6. The highest BCUT2D eigenvalue weighted by Gasteiger charge is 2.30. The minimum absolute atomic E-state index is 0.0545. The van der Waals surface area contributed by atoms with E-state index in [-0.39, 0.29) is 28.5 Å². The Morgan fingerprint density at radius 2 is 1.83 bits per heavy atom. The van der Waals surface area contributed by atoms with Gasteiger partial charge in [0.05, 0.1) is 0 Å². The lowest BCUT2D eigenvalue weighted by Gasteiger charge is -2.07. The fourth-order valence-electron chi connectivity index (χ4n) is 2.29. The summed E-state index contributed by atoms with van der Waals surface area (Å²) < 4.78 is 32.3. The maximum atomic E-state index is 12.4. The van der Waals surface area contributed by atoms with Crippen molar-refractivity contribution in [2.24, 2.45) is 0 Å². The van der Waals surface area contributed by atoms with Crippen LogP contribution in [0.3, 0.4) is 0 Å². The Morgan fingerprint density at radius 1 is 1.22 bits per heavy atom. The van der Waals surface area contributed by atoms with E-state index in [0.717, 1.165) is 5.56 Å². The van der Waals surface area contributed by atoms with Gasteiger partial charge in [-0.25, -0.2) is 17.9 Å². The second kappa shape index (κ2) is 6.74. The molecule has 0 radical (unpaired) electrons. The third kappa shape index (κ3) is 3.93. The zero-order valence-electron chi connectivity index (χ0n) is 12.6. The first kappa shape index (κ1) is 17.5. The zero-order valence-corrected chi connectivity index (χ0v) is 14.2. The standard InChI is InChI=1S/C15H16ClNO5S/c1-9-13(15(18)19)14(10(2)22-9)23(20,21)17-8-7-11-3-5-12(16)6-4-11/h3-6,17H,7-8H2,1-2H3,(H,18,19). The van der Waals surface area contributed by atoms with Gasteiger partial charge in [0.2, 0.25) is 10.0 Å². The normalized spacial score (nSPS) is 11.6. The summed E-state index contributed by atoms with van der Waals surface area (Å²) in [5, 5.41) is 9.79. The average Bonchev–Trinajstić information content (AvgIpc) is 2.76. The Balaban J connectivity index is 2.16. The van der Waals surface area contributed by atoms with Crippen LogP contribution in [0.2, 0.25) is 5.02 Å². The van der Waals surface area contributed by atoms with Gasteiger partial charge in [-0.1, -0.05) is 23.7 Å². The molecule has 8 heteroatoms. The highest BCUT2D eigenvalue weighted by Crippen LogP contribution is 2.26. The number of furan rings is 1. The largest absolute Gasteiger partial charge is 0.478 e. The number of benzene rings is 1. The Kier molecular flexibility index (Phi) is 5.13. The molecule has 0 unspecified atom stereocenters. The molecule has 0 aliphatic heterocycles. The van der Waals surface area contributed by atoms with E-state index in [0.29, 0.717) is 11.4 Å². The van der Waals surface area contributed by atoms with E-state index in [4.69, 9.17) is 16.0 Å². The summed E-state index contributed by atoms with van der Waals surface area (Å²) in [6.07, 6.45) is 0.453. The second-order valence-corrected chi connectivity index (χ2v) is 7.14. The SMILES string of the molecule is Cc1oc(C)c(S(=O)(=O)NCCc2ccc(Cl)cc2)c1C(=O)O. The summed E-state index contributed by atoms with van der Waals surface area (Å²) >= 11 is 5.79. The number of carboxylic acids is 1. The predicted octanol–water partition coefficient (Wildman–Crippen LogP) is 2.77. The van der Waals surface area contributed by atoms with E-state index in [1.807, 2.05) is 0 Å². The number of aryl methyl sites for hydroxylation is 2. The van der Waals surface area contributed by atoms with Gasteiger partial charge < -0.3 is 9.52 Å². The van der Waals surface area contributed by atoms with Crippen molar-refractivity contribution in [1.82, 2.24) is 4.72 Å².